The predicted molar refractivity (Wildman–Crippen MR) is 107 cm³/mol. The standard InChI is InChI=1S/C21H29N3O2/c1-3-22-21(23-12-13-26-20-11-7-8-17(2)14-20)24-15-19(16-25)18-9-5-4-6-10-18/h4-11,14,19,25H,3,12-13,15-16H2,1-2H3,(H2,22,23,24). The molecule has 1 atom stereocenters. The summed E-state index contributed by atoms with van der Waals surface area (Å²) in [4.78, 5) is 4.60. The molecule has 0 heterocycles. The highest BCUT2D eigenvalue weighted by Crippen LogP contribution is 2.15. The highest BCUT2D eigenvalue weighted by Gasteiger charge is 2.09. The lowest BCUT2D eigenvalue weighted by molar-refractivity contribution is 0.268. The Hall–Kier alpha value is -2.53. The Kier molecular flexibility index (Phi) is 8.49. The van der Waals surface area contributed by atoms with Gasteiger partial charge in [0.25, 0.3) is 0 Å². The Morgan fingerprint density at radius 3 is 2.62 bits per heavy atom. The van der Waals surface area contributed by atoms with Crippen LogP contribution in [-0.2, 0) is 0 Å². The number of aryl methyl sites for hydroxylation is 1. The molecule has 5 heteroatoms. The van der Waals surface area contributed by atoms with E-state index in [0.29, 0.717) is 19.7 Å². The molecule has 0 bridgehead atoms. The minimum atomic E-state index is -0.00444. The zero-order valence-electron chi connectivity index (χ0n) is 15.6. The van der Waals surface area contributed by atoms with Crippen LogP contribution in [-0.4, -0.2) is 43.9 Å². The van der Waals surface area contributed by atoms with Gasteiger partial charge in [-0.25, -0.2) is 0 Å². The van der Waals surface area contributed by atoms with Gasteiger partial charge in [0.15, 0.2) is 5.96 Å². The van der Waals surface area contributed by atoms with Crippen molar-refractivity contribution in [3.63, 3.8) is 0 Å². The first-order valence-corrected chi connectivity index (χ1v) is 9.10. The van der Waals surface area contributed by atoms with E-state index in [1.54, 1.807) is 0 Å². The second-order valence-electron chi connectivity index (χ2n) is 6.10. The van der Waals surface area contributed by atoms with Gasteiger partial charge in [0.1, 0.15) is 12.4 Å². The third-order valence-electron chi connectivity index (χ3n) is 3.96. The second-order valence-corrected chi connectivity index (χ2v) is 6.10. The maximum Gasteiger partial charge on any atom is 0.191 e. The molecule has 0 aromatic heterocycles. The lowest BCUT2D eigenvalue weighted by Gasteiger charge is -2.15. The van der Waals surface area contributed by atoms with E-state index >= 15 is 0 Å². The number of benzene rings is 2. The first-order chi connectivity index (χ1) is 12.7. The number of hydrogen-bond acceptors (Lipinski definition) is 3. The topological polar surface area (TPSA) is 65.9 Å². The smallest absolute Gasteiger partial charge is 0.191 e. The Labute approximate surface area is 156 Å². The Morgan fingerprint density at radius 2 is 1.92 bits per heavy atom. The molecule has 0 aliphatic heterocycles. The van der Waals surface area contributed by atoms with Crippen molar-refractivity contribution >= 4 is 5.96 Å². The molecule has 0 fully saturated rings. The number of aliphatic imine (C=N–C) groups is 1. The molecule has 5 nitrogen and oxygen atoms in total. The van der Waals surface area contributed by atoms with Crippen LogP contribution in [0.5, 0.6) is 5.75 Å². The molecular formula is C21H29N3O2. The number of nitrogens with one attached hydrogen (secondary N) is 2. The van der Waals surface area contributed by atoms with Crippen molar-refractivity contribution in [3.8, 4) is 5.75 Å². The van der Waals surface area contributed by atoms with Crippen molar-refractivity contribution in [2.75, 3.05) is 32.8 Å². The average molecular weight is 355 g/mol. The maximum absolute atomic E-state index is 9.65. The van der Waals surface area contributed by atoms with Gasteiger partial charge in [0.2, 0.25) is 0 Å². The lowest BCUT2D eigenvalue weighted by Crippen LogP contribution is -2.39. The zero-order chi connectivity index (χ0) is 18.6. The number of rotatable bonds is 9. The minimum Gasteiger partial charge on any atom is -0.492 e. The van der Waals surface area contributed by atoms with Gasteiger partial charge < -0.3 is 20.5 Å². The molecule has 26 heavy (non-hydrogen) atoms. The molecule has 0 amide bonds. The van der Waals surface area contributed by atoms with E-state index in [1.807, 2.05) is 68.4 Å². The van der Waals surface area contributed by atoms with Crippen LogP contribution < -0.4 is 15.4 Å². The molecule has 3 N–H and O–H groups in total. The van der Waals surface area contributed by atoms with Crippen LogP contribution >= 0.6 is 0 Å². The van der Waals surface area contributed by atoms with Crippen LogP contribution in [0.1, 0.15) is 24.0 Å². The average Bonchev–Trinajstić information content (AvgIpc) is 2.66. The largest absolute Gasteiger partial charge is 0.492 e. The SMILES string of the molecule is CCNC(=NCC(CO)c1ccccc1)NCCOc1cccc(C)c1. The van der Waals surface area contributed by atoms with E-state index in [1.165, 1.54) is 5.56 Å². The molecule has 2 aromatic carbocycles. The van der Waals surface area contributed by atoms with E-state index in [9.17, 15) is 5.11 Å². The van der Waals surface area contributed by atoms with Crippen LogP contribution in [0.15, 0.2) is 59.6 Å². The monoisotopic (exact) mass is 355 g/mol. The Bertz CT molecular complexity index is 674. The van der Waals surface area contributed by atoms with Gasteiger partial charge in [0, 0.05) is 12.5 Å². The highest BCUT2D eigenvalue weighted by atomic mass is 16.5. The van der Waals surface area contributed by atoms with Gasteiger partial charge in [-0.2, -0.15) is 0 Å². The molecule has 2 aromatic rings. The number of aliphatic hydroxyl groups is 1. The second kappa shape index (κ2) is 11.2. The summed E-state index contributed by atoms with van der Waals surface area (Å²) in [6.07, 6.45) is 0. The fourth-order valence-electron chi connectivity index (χ4n) is 2.58. The summed E-state index contributed by atoms with van der Waals surface area (Å²) in [6, 6.07) is 18.0. The molecule has 0 radical (unpaired) electrons. The highest BCUT2D eigenvalue weighted by molar-refractivity contribution is 5.79. The molecule has 0 saturated carbocycles. The van der Waals surface area contributed by atoms with Crippen LogP contribution in [0.4, 0.5) is 0 Å². The van der Waals surface area contributed by atoms with Crippen molar-refractivity contribution in [2.24, 2.45) is 4.99 Å². The number of hydrogen-bond donors (Lipinski definition) is 3. The van der Waals surface area contributed by atoms with E-state index in [-0.39, 0.29) is 12.5 Å². The molecular weight excluding hydrogens is 326 g/mol. The predicted octanol–water partition coefficient (Wildman–Crippen LogP) is 2.71. The molecule has 0 aliphatic carbocycles. The summed E-state index contributed by atoms with van der Waals surface area (Å²) in [5.74, 6) is 1.60. The quantitative estimate of drug-likeness (QED) is 0.368. The number of guanidine groups is 1. The van der Waals surface area contributed by atoms with E-state index in [4.69, 9.17) is 4.74 Å². The van der Waals surface area contributed by atoms with Crippen LogP contribution in [0, 0.1) is 6.92 Å². The molecule has 0 aliphatic rings. The zero-order valence-corrected chi connectivity index (χ0v) is 15.6. The molecule has 1 unspecified atom stereocenters. The number of ether oxygens (including phenoxy) is 1. The summed E-state index contributed by atoms with van der Waals surface area (Å²) in [5.41, 5.74) is 2.28. The summed E-state index contributed by atoms with van der Waals surface area (Å²) in [6.45, 7) is 6.65. The first-order valence-electron chi connectivity index (χ1n) is 9.10. The van der Waals surface area contributed by atoms with Crippen molar-refractivity contribution < 1.29 is 9.84 Å². The van der Waals surface area contributed by atoms with Crippen molar-refractivity contribution in [1.82, 2.24) is 10.6 Å². The Morgan fingerprint density at radius 1 is 1.12 bits per heavy atom. The number of aliphatic hydroxyl groups excluding tert-OH is 1. The van der Waals surface area contributed by atoms with E-state index < -0.39 is 0 Å². The summed E-state index contributed by atoms with van der Waals surface area (Å²) >= 11 is 0. The van der Waals surface area contributed by atoms with E-state index in [2.05, 4.69) is 15.6 Å². The van der Waals surface area contributed by atoms with Crippen LogP contribution in [0.2, 0.25) is 0 Å². The normalized spacial score (nSPS) is 12.5. The third-order valence-corrected chi connectivity index (χ3v) is 3.96. The first kappa shape index (κ1) is 19.8. The van der Waals surface area contributed by atoms with Crippen LogP contribution in [0.3, 0.4) is 0 Å². The summed E-state index contributed by atoms with van der Waals surface area (Å²) < 4.78 is 5.75. The van der Waals surface area contributed by atoms with Crippen molar-refractivity contribution in [3.05, 3.63) is 65.7 Å². The van der Waals surface area contributed by atoms with Crippen molar-refractivity contribution in [1.29, 1.82) is 0 Å². The van der Waals surface area contributed by atoms with Gasteiger partial charge in [0.05, 0.1) is 19.7 Å². The fourth-order valence-corrected chi connectivity index (χ4v) is 2.58. The summed E-state index contributed by atoms with van der Waals surface area (Å²) in [5, 5.41) is 16.1. The number of nitrogens with zero attached hydrogens (tertiary/aromatic N) is 1. The van der Waals surface area contributed by atoms with Crippen molar-refractivity contribution in [2.45, 2.75) is 19.8 Å². The van der Waals surface area contributed by atoms with Gasteiger partial charge in [-0.1, -0.05) is 42.5 Å². The van der Waals surface area contributed by atoms with Gasteiger partial charge in [-0.3, -0.25) is 4.99 Å². The molecule has 0 spiro atoms. The van der Waals surface area contributed by atoms with Gasteiger partial charge in [-0.05, 0) is 37.1 Å². The Balaban J connectivity index is 1.83. The lowest BCUT2D eigenvalue weighted by atomic mass is 10.0. The molecule has 0 saturated heterocycles. The van der Waals surface area contributed by atoms with Gasteiger partial charge >= 0.3 is 0 Å². The third kappa shape index (κ3) is 6.76. The fraction of sp³-hybridized carbons (Fsp3) is 0.381. The van der Waals surface area contributed by atoms with E-state index in [0.717, 1.165) is 23.8 Å². The molecule has 140 valence electrons. The van der Waals surface area contributed by atoms with Crippen LogP contribution in [0.25, 0.3) is 0 Å². The summed E-state index contributed by atoms with van der Waals surface area (Å²) in [7, 11) is 0. The minimum absolute atomic E-state index is 0.00444. The molecule has 2 rings (SSSR count). The van der Waals surface area contributed by atoms with Gasteiger partial charge in [-0.15, -0.1) is 0 Å². The maximum atomic E-state index is 9.65.